The number of nitrogens with zero attached hydrogens (tertiary/aromatic N) is 6. The molecule has 5 rings (SSSR count). The number of hydrogen-bond donors (Lipinski definition) is 0. The van der Waals surface area contributed by atoms with Crippen LogP contribution in [0.15, 0.2) is 51.3 Å². The average Bonchev–Trinajstić information content (AvgIpc) is 3.53. The van der Waals surface area contributed by atoms with E-state index in [4.69, 9.17) is 14.0 Å². The fourth-order valence-corrected chi connectivity index (χ4v) is 3.78. The Morgan fingerprint density at radius 1 is 1.00 bits per heavy atom. The number of amides is 2. The number of halogens is 2. The predicted molar refractivity (Wildman–Crippen MR) is 110 cm³/mol. The number of carbonyl (C=O) groups excluding carboxylic acids is 2. The Kier molecular flexibility index (Phi) is 5.15. The van der Waals surface area contributed by atoms with E-state index >= 15 is 0 Å². The van der Waals surface area contributed by atoms with Crippen molar-refractivity contribution in [2.75, 3.05) is 19.1 Å². The minimum atomic E-state index is -1.18. The lowest BCUT2D eigenvalue weighted by molar-refractivity contribution is -0.123. The van der Waals surface area contributed by atoms with Crippen LogP contribution in [-0.2, 0) is 16.1 Å². The summed E-state index contributed by atoms with van der Waals surface area (Å²) in [5, 5.41) is 13.0. The van der Waals surface area contributed by atoms with E-state index in [1.807, 2.05) is 0 Å². The van der Waals surface area contributed by atoms with Crippen LogP contribution in [0.25, 0.3) is 11.4 Å². The van der Waals surface area contributed by atoms with Crippen LogP contribution >= 0.6 is 0 Å². The second-order valence-corrected chi connectivity index (χ2v) is 7.38. The minimum Gasteiger partial charge on any atom is -0.493 e. The quantitative estimate of drug-likeness (QED) is 0.504. The fraction of sp³-hybridized carbons (Fsp3) is 0.238. The minimum absolute atomic E-state index is 0.0908. The molecule has 34 heavy (non-hydrogen) atoms. The van der Waals surface area contributed by atoms with Gasteiger partial charge in [-0.05, 0) is 30.3 Å². The maximum Gasteiger partial charge on any atom is 0.263 e. The first-order valence-corrected chi connectivity index (χ1v) is 9.96. The van der Waals surface area contributed by atoms with E-state index in [1.165, 1.54) is 19.2 Å². The van der Waals surface area contributed by atoms with Crippen LogP contribution in [0.2, 0.25) is 0 Å². The van der Waals surface area contributed by atoms with Crippen molar-refractivity contribution >= 4 is 17.5 Å². The van der Waals surface area contributed by atoms with Crippen molar-refractivity contribution in [3.05, 3.63) is 53.9 Å². The van der Waals surface area contributed by atoms with E-state index in [-0.39, 0.29) is 23.9 Å². The van der Waals surface area contributed by atoms with Gasteiger partial charge in [0.2, 0.25) is 11.7 Å². The van der Waals surface area contributed by atoms with Gasteiger partial charge >= 0.3 is 0 Å². The molecule has 13 heteroatoms. The largest absolute Gasteiger partial charge is 0.493 e. The summed E-state index contributed by atoms with van der Waals surface area (Å²) in [6.07, 6.45) is 0. The second-order valence-electron chi connectivity index (χ2n) is 7.38. The van der Waals surface area contributed by atoms with E-state index in [0.29, 0.717) is 17.1 Å². The lowest BCUT2D eigenvalue weighted by Crippen LogP contribution is -2.39. The van der Waals surface area contributed by atoms with E-state index in [1.54, 1.807) is 18.2 Å². The van der Waals surface area contributed by atoms with Gasteiger partial charge in [-0.2, -0.15) is 10.1 Å². The highest BCUT2D eigenvalue weighted by molar-refractivity contribution is 6.25. The van der Waals surface area contributed by atoms with Crippen LogP contribution in [-0.4, -0.2) is 53.3 Å². The number of ether oxygens (including phenoxy) is 2. The van der Waals surface area contributed by atoms with E-state index < -0.39 is 35.5 Å². The molecule has 2 aliphatic heterocycles. The van der Waals surface area contributed by atoms with Crippen LogP contribution in [0, 0.1) is 11.6 Å². The fourth-order valence-electron chi connectivity index (χ4n) is 3.78. The highest BCUT2D eigenvalue weighted by atomic mass is 19.2. The number of methoxy groups -OCH3 is 2. The monoisotopic (exact) mass is 470 g/mol. The smallest absolute Gasteiger partial charge is 0.263 e. The van der Waals surface area contributed by atoms with Crippen molar-refractivity contribution in [1.29, 1.82) is 0 Å². The van der Waals surface area contributed by atoms with Gasteiger partial charge in [0.1, 0.15) is 6.54 Å². The number of fused-ring (bicyclic) bond motifs is 1. The molecular weight excluding hydrogens is 454 g/mol. The summed E-state index contributed by atoms with van der Waals surface area (Å²) in [7, 11) is 3.02. The van der Waals surface area contributed by atoms with Crippen LogP contribution in [0.4, 0.5) is 14.5 Å². The molecule has 174 valence electrons. The van der Waals surface area contributed by atoms with E-state index in [9.17, 15) is 18.4 Å². The van der Waals surface area contributed by atoms with Crippen LogP contribution < -0.4 is 14.4 Å². The molecule has 2 aliphatic rings. The molecule has 0 aliphatic carbocycles. The number of hydrogen-bond acceptors (Lipinski definition) is 10. The summed E-state index contributed by atoms with van der Waals surface area (Å²) in [5.41, 5.74) is 0.511. The molecular formula is C21H16F2N6O5. The van der Waals surface area contributed by atoms with Crippen molar-refractivity contribution in [2.24, 2.45) is 10.3 Å². The zero-order valence-electron chi connectivity index (χ0n) is 17.8. The zero-order chi connectivity index (χ0) is 24.0. The average molecular weight is 470 g/mol. The number of anilines is 1. The molecule has 2 atom stereocenters. The first kappa shape index (κ1) is 21.4. The Bertz CT molecular complexity index is 1330. The van der Waals surface area contributed by atoms with Gasteiger partial charge in [0.05, 0.1) is 19.9 Å². The summed E-state index contributed by atoms with van der Waals surface area (Å²) in [6, 6.07) is 5.67. The molecule has 3 heterocycles. The van der Waals surface area contributed by atoms with Gasteiger partial charge in [0.15, 0.2) is 35.2 Å². The Hall–Kier alpha value is -4.42. The number of aromatic nitrogens is 2. The van der Waals surface area contributed by atoms with Crippen LogP contribution in [0.3, 0.4) is 0 Å². The van der Waals surface area contributed by atoms with E-state index in [2.05, 4.69) is 20.5 Å². The summed E-state index contributed by atoms with van der Waals surface area (Å²) >= 11 is 0. The first-order valence-electron chi connectivity index (χ1n) is 9.96. The highest BCUT2D eigenvalue weighted by Gasteiger charge is 2.55. The molecule has 2 unspecified atom stereocenters. The second kappa shape index (κ2) is 8.17. The van der Waals surface area contributed by atoms with Gasteiger partial charge in [0.25, 0.3) is 11.8 Å². The van der Waals surface area contributed by atoms with Crippen molar-refractivity contribution in [3.63, 3.8) is 0 Å². The molecule has 2 aromatic carbocycles. The maximum atomic E-state index is 13.7. The van der Waals surface area contributed by atoms with Crippen molar-refractivity contribution in [1.82, 2.24) is 15.1 Å². The van der Waals surface area contributed by atoms with Gasteiger partial charge in [-0.15, -0.1) is 0 Å². The molecule has 0 saturated carbocycles. The molecule has 0 spiro atoms. The Labute approximate surface area is 190 Å². The Balaban J connectivity index is 1.35. The van der Waals surface area contributed by atoms with Gasteiger partial charge in [-0.1, -0.05) is 10.4 Å². The molecule has 2 amide bonds. The lowest BCUT2D eigenvalue weighted by atomic mass is 10.1. The van der Waals surface area contributed by atoms with E-state index in [0.717, 1.165) is 23.1 Å². The summed E-state index contributed by atoms with van der Waals surface area (Å²) in [6.45, 7) is -0.102. The summed E-state index contributed by atoms with van der Waals surface area (Å²) in [4.78, 5) is 30.8. The molecule has 11 nitrogen and oxygen atoms in total. The Morgan fingerprint density at radius 3 is 2.53 bits per heavy atom. The predicted octanol–water partition coefficient (Wildman–Crippen LogP) is 2.53. The zero-order valence-corrected chi connectivity index (χ0v) is 17.8. The maximum absolute atomic E-state index is 13.7. The molecule has 1 saturated heterocycles. The normalized spacial score (nSPS) is 19.2. The summed E-state index contributed by atoms with van der Waals surface area (Å²) in [5.74, 6) is -2.23. The summed E-state index contributed by atoms with van der Waals surface area (Å²) < 4.78 is 42.7. The van der Waals surface area contributed by atoms with Crippen LogP contribution in [0.5, 0.6) is 11.5 Å². The lowest BCUT2D eigenvalue weighted by Gasteiger charge is -2.19. The molecule has 0 radical (unpaired) electrons. The van der Waals surface area contributed by atoms with Crippen molar-refractivity contribution in [2.45, 2.75) is 18.6 Å². The first-order chi connectivity index (χ1) is 16.4. The topological polar surface area (TPSA) is 123 Å². The standard InChI is InChI=1S/C21H16F2N6O5/c1-32-14-6-3-10(7-15(14)33-2)19-24-16(34-26-19)9-28-18-17(25-27-28)20(30)29(21(18)31)11-4-5-12(22)13(23)8-11/h3-8,17-18H,9H2,1-2H3. The van der Waals surface area contributed by atoms with Gasteiger partial charge in [0, 0.05) is 11.6 Å². The number of benzene rings is 2. The van der Waals surface area contributed by atoms with Gasteiger partial charge < -0.3 is 14.0 Å². The number of carbonyl (C=O) groups is 2. The molecule has 3 aromatic rings. The molecule has 0 N–H and O–H groups in total. The number of rotatable bonds is 6. The highest BCUT2D eigenvalue weighted by Crippen LogP contribution is 2.34. The Morgan fingerprint density at radius 2 is 1.79 bits per heavy atom. The van der Waals surface area contributed by atoms with Crippen LogP contribution in [0.1, 0.15) is 5.89 Å². The third kappa shape index (κ3) is 3.41. The number of imide groups is 1. The van der Waals surface area contributed by atoms with Crippen molar-refractivity contribution < 1.29 is 32.4 Å². The third-order valence-corrected chi connectivity index (χ3v) is 5.43. The molecule has 1 fully saturated rings. The van der Waals surface area contributed by atoms with Gasteiger partial charge in [-0.3, -0.25) is 14.6 Å². The third-order valence-electron chi connectivity index (χ3n) is 5.43. The molecule has 1 aromatic heterocycles. The molecule has 0 bridgehead atoms. The SMILES string of the molecule is COc1ccc(-c2noc(CN3N=NC4C(=O)N(c5ccc(F)c(F)c5)C(=O)C43)n2)cc1OC. The van der Waals surface area contributed by atoms with Gasteiger partial charge in [-0.25, -0.2) is 13.7 Å². The van der Waals surface area contributed by atoms with Crippen molar-refractivity contribution in [3.8, 4) is 22.9 Å².